The Bertz CT molecular complexity index is 695. The monoisotopic (exact) mass is 296 g/mol. The third-order valence-electron chi connectivity index (χ3n) is 2.57. The fraction of sp³-hybridized carbons (Fsp3) is 0.167. The van der Waals surface area contributed by atoms with Gasteiger partial charge in [-0.2, -0.15) is 0 Å². The van der Waals surface area contributed by atoms with E-state index in [0.29, 0.717) is 6.42 Å². The van der Waals surface area contributed by atoms with Gasteiger partial charge < -0.3 is 9.52 Å². The van der Waals surface area contributed by atoms with Crippen LogP contribution in [0.25, 0.3) is 11.5 Å². The Labute approximate surface area is 118 Å². The summed E-state index contributed by atoms with van der Waals surface area (Å²) in [5.74, 6) is -1.52. The van der Waals surface area contributed by atoms with Crippen molar-refractivity contribution in [1.29, 1.82) is 0 Å². The highest BCUT2D eigenvalue weighted by atomic mass is 35.5. The number of hydrogen-bond donors (Lipinski definition) is 1. The van der Waals surface area contributed by atoms with Gasteiger partial charge in [0, 0.05) is 22.7 Å². The van der Waals surface area contributed by atoms with Gasteiger partial charge in [-0.25, -0.2) is 9.78 Å². The second-order valence-corrected chi connectivity index (χ2v) is 4.35. The fourth-order valence-electron chi connectivity index (χ4n) is 1.68. The van der Waals surface area contributed by atoms with Crippen LogP contribution < -0.4 is 0 Å². The number of aromatic carboxylic acids is 1. The van der Waals surface area contributed by atoms with Crippen LogP contribution in [0, 0.1) is 10.1 Å². The molecule has 1 aromatic heterocycles. The molecule has 0 radical (unpaired) electrons. The molecule has 1 heterocycles. The standard InChI is InChI=1S/C12H9ClN2O5/c1-2-9-10(12(16)17)20-11(14-9)6-3-7(13)5-8(4-6)15(18)19/h3-5H,2H2,1H3,(H,16,17). The summed E-state index contributed by atoms with van der Waals surface area (Å²) >= 11 is 5.80. The van der Waals surface area contributed by atoms with Gasteiger partial charge >= 0.3 is 5.97 Å². The molecule has 20 heavy (non-hydrogen) atoms. The number of carbonyl (C=O) groups is 1. The fourth-order valence-corrected chi connectivity index (χ4v) is 1.91. The molecule has 0 aliphatic heterocycles. The molecule has 1 N–H and O–H groups in total. The minimum Gasteiger partial charge on any atom is -0.475 e. The maximum Gasteiger partial charge on any atom is 0.373 e. The number of carboxylic acid groups (broad SMARTS) is 1. The molecule has 104 valence electrons. The smallest absolute Gasteiger partial charge is 0.373 e. The molecule has 0 aliphatic carbocycles. The largest absolute Gasteiger partial charge is 0.475 e. The van der Waals surface area contributed by atoms with Gasteiger partial charge in [0.2, 0.25) is 11.7 Å². The lowest BCUT2D eigenvalue weighted by atomic mass is 10.2. The summed E-state index contributed by atoms with van der Waals surface area (Å²) in [5, 5.41) is 19.9. The van der Waals surface area contributed by atoms with Crippen LogP contribution in [0.4, 0.5) is 5.69 Å². The summed E-state index contributed by atoms with van der Waals surface area (Å²) in [5.41, 5.74) is 0.308. The average molecular weight is 297 g/mol. The summed E-state index contributed by atoms with van der Waals surface area (Å²) in [6.45, 7) is 1.73. The number of hydrogen-bond acceptors (Lipinski definition) is 5. The number of oxazole rings is 1. The second-order valence-electron chi connectivity index (χ2n) is 3.91. The van der Waals surface area contributed by atoms with E-state index in [1.54, 1.807) is 6.92 Å². The van der Waals surface area contributed by atoms with E-state index in [2.05, 4.69) is 4.98 Å². The van der Waals surface area contributed by atoms with Crippen LogP contribution in [0.1, 0.15) is 23.2 Å². The number of benzene rings is 1. The average Bonchev–Trinajstić information content (AvgIpc) is 2.82. The molecule has 1 aromatic carbocycles. The lowest BCUT2D eigenvalue weighted by Gasteiger charge is -1.97. The van der Waals surface area contributed by atoms with Gasteiger partial charge in [0.05, 0.1) is 10.6 Å². The lowest BCUT2D eigenvalue weighted by Crippen LogP contribution is -1.98. The van der Waals surface area contributed by atoms with Crippen molar-refractivity contribution < 1.29 is 19.2 Å². The quantitative estimate of drug-likeness (QED) is 0.686. The van der Waals surface area contributed by atoms with Crippen molar-refractivity contribution >= 4 is 23.3 Å². The van der Waals surface area contributed by atoms with Crippen LogP contribution in [-0.2, 0) is 6.42 Å². The molecular weight excluding hydrogens is 288 g/mol. The van der Waals surface area contributed by atoms with Crippen molar-refractivity contribution in [3.05, 3.63) is 44.8 Å². The van der Waals surface area contributed by atoms with Crippen molar-refractivity contribution in [2.24, 2.45) is 0 Å². The molecule has 2 rings (SSSR count). The highest BCUT2D eigenvalue weighted by Crippen LogP contribution is 2.29. The molecule has 7 nitrogen and oxygen atoms in total. The molecule has 0 bridgehead atoms. The van der Waals surface area contributed by atoms with E-state index >= 15 is 0 Å². The van der Waals surface area contributed by atoms with Crippen LogP contribution in [0.2, 0.25) is 5.02 Å². The van der Waals surface area contributed by atoms with Gasteiger partial charge in [-0.3, -0.25) is 10.1 Å². The topological polar surface area (TPSA) is 106 Å². The Morgan fingerprint density at radius 2 is 2.20 bits per heavy atom. The molecular formula is C12H9ClN2O5. The first-order valence-corrected chi connectivity index (χ1v) is 5.98. The minimum atomic E-state index is -1.24. The zero-order chi connectivity index (χ0) is 14.9. The number of nitrogens with zero attached hydrogens (tertiary/aromatic N) is 2. The summed E-state index contributed by atoms with van der Waals surface area (Å²) in [7, 11) is 0. The number of nitro benzene ring substituents is 1. The Morgan fingerprint density at radius 1 is 1.50 bits per heavy atom. The van der Waals surface area contributed by atoms with Crippen molar-refractivity contribution in [2.75, 3.05) is 0 Å². The normalized spacial score (nSPS) is 10.5. The molecule has 0 amide bonds. The highest BCUT2D eigenvalue weighted by molar-refractivity contribution is 6.31. The van der Waals surface area contributed by atoms with Crippen molar-refractivity contribution in [2.45, 2.75) is 13.3 Å². The molecule has 0 saturated carbocycles. The number of halogens is 1. The number of aryl methyl sites for hydroxylation is 1. The van der Waals surface area contributed by atoms with Gasteiger partial charge in [0.1, 0.15) is 0 Å². The third kappa shape index (κ3) is 2.62. The Hall–Kier alpha value is -2.41. The van der Waals surface area contributed by atoms with E-state index in [4.69, 9.17) is 21.1 Å². The van der Waals surface area contributed by atoms with Crippen LogP contribution in [0.5, 0.6) is 0 Å². The second kappa shape index (κ2) is 5.30. The predicted molar refractivity (Wildman–Crippen MR) is 69.9 cm³/mol. The first kappa shape index (κ1) is 14.0. The summed E-state index contributed by atoms with van der Waals surface area (Å²) in [6.07, 6.45) is 0.369. The van der Waals surface area contributed by atoms with E-state index in [-0.39, 0.29) is 33.6 Å². The number of nitro groups is 1. The first-order valence-electron chi connectivity index (χ1n) is 5.60. The maximum absolute atomic E-state index is 11.0. The maximum atomic E-state index is 11.0. The van der Waals surface area contributed by atoms with E-state index in [9.17, 15) is 14.9 Å². The highest BCUT2D eigenvalue weighted by Gasteiger charge is 2.20. The van der Waals surface area contributed by atoms with Crippen LogP contribution >= 0.6 is 11.6 Å². The Kier molecular flexibility index (Phi) is 3.71. The zero-order valence-corrected chi connectivity index (χ0v) is 11.0. The van der Waals surface area contributed by atoms with Crippen molar-refractivity contribution in [3.63, 3.8) is 0 Å². The molecule has 0 unspecified atom stereocenters. The van der Waals surface area contributed by atoms with E-state index in [0.717, 1.165) is 0 Å². The van der Waals surface area contributed by atoms with E-state index in [1.807, 2.05) is 0 Å². The van der Waals surface area contributed by atoms with Gasteiger partial charge in [0.15, 0.2) is 0 Å². The molecule has 0 atom stereocenters. The first-order chi connectivity index (χ1) is 9.42. The molecule has 2 aromatic rings. The predicted octanol–water partition coefficient (Wildman–Crippen LogP) is 3.16. The molecule has 0 aliphatic rings. The van der Waals surface area contributed by atoms with Crippen molar-refractivity contribution in [1.82, 2.24) is 4.98 Å². The van der Waals surface area contributed by atoms with Gasteiger partial charge in [-0.05, 0) is 12.5 Å². The van der Waals surface area contributed by atoms with Crippen molar-refractivity contribution in [3.8, 4) is 11.5 Å². The Morgan fingerprint density at radius 3 is 2.70 bits per heavy atom. The summed E-state index contributed by atoms with van der Waals surface area (Å²) in [6, 6.07) is 3.83. The van der Waals surface area contributed by atoms with Crippen LogP contribution in [-0.4, -0.2) is 21.0 Å². The lowest BCUT2D eigenvalue weighted by molar-refractivity contribution is -0.384. The van der Waals surface area contributed by atoms with Gasteiger partial charge in [-0.1, -0.05) is 18.5 Å². The number of carboxylic acids is 1. The number of aromatic nitrogens is 1. The van der Waals surface area contributed by atoms with Crippen LogP contribution in [0.15, 0.2) is 22.6 Å². The molecule has 0 fully saturated rings. The zero-order valence-electron chi connectivity index (χ0n) is 10.3. The molecule has 8 heteroatoms. The summed E-state index contributed by atoms with van der Waals surface area (Å²) in [4.78, 5) is 25.2. The minimum absolute atomic E-state index is 0.00940. The van der Waals surface area contributed by atoms with Crippen LogP contribution in [0.3, 0.4) is 0 Å². The number of rotatable bonds is 4. The van der Waals surface area contributed by atoms with E-state index in [1.165, 1.54) is 18.2 Å². The Balaban J connectivity index is 2.56. The molecule has 0 spiro atoms. The van der Waals surface area contributed by atoms with Gasteiger partial charge in [-0.15, -0.1) is 0 Å². The number of non-ortho nitro benzene ring substituents is 1. The third-order valence-corrected chi connectivity index (χ3v) is 2.79. The van der Waals surface area contributed by atoms with Gasteiger partial charge in [0.25, 0.3) is 5.69 Å². The SMILES string of the molecule is CCc1nc(-c2cc(Cl)cc([N+](=O)[O-])c2)oc1C(=O)O. The molecule has 0 saturated heterocycles. The van der Waals surface area contributed by atoms with E-state index < -0.39 is 10.9 Å². The summed E-state index contributed by atoms with van der Waals surface area (Å²) < 4.78 is 5.15.